The van der Waals surface area contributed by atoms with E-state index in [1.54, 1.807) is 6.07 Å². The van der Waals surface area contributed by atoms with E-state index in [9.17, 15) is 14.7 Å². The number of fused-ring (bicyclic) bond motifs is 1. The van der Waals surface area contributed by atoms with Crippen LogP contribution in [0, 0.1) is 5.92 Å². The number of hydrogen-bond donors (Lipinski definition) is 3. The molecule has 0 saturated carbocycles. The Balaban J connectivity index is 1.66. The average Bonchev–Trinajstić information content (AvgIpc) is 3.21. The molecule has 2 amide bonds. The van der Waals surface area contributed by atoms with Crippen molar-refractivity contribution < 1.29 is 14.7 Å². The molecule has 0 radical (unpaired) electrons. The first-order valence-electron chi connectivity index (χ1n) is 8.43. The maximum Gasteiger partial charge on any atom is 0.277 e. The topological polar surface area (TPSA) is 107 Å². The highest BCUT2D eigenvalue weighted by molar-refractivity contribution is 9.11. The van der Waals surface area contributed by atoms with E-state index in [1.165, 1.54) is 0 Å². The summed E-state index contributed by atoms with van der Waals surface area (Å²) in [5.74, 6) is -2.48. The first-order chi connectivity index (χ1) is 13.5. The molecule has 2 aromatic carbocycles. The average molecular weight is 506 g/mol. The molecule has 3 N–H and O–H groups in total. The van der Waals surface area contributed by atoms with Gasteiger partial charge >= 0.3 is 0 Å². The number of aromatic amines is 1. The van der Waals surface area contributed by atoms with Crippen LogP contribution in [0.2, 0.25) is 0 Å². The number of hydrogen-bond acceptors (Lipinski definition) is 4. The Morgan fingerprint density at radius 2 is 1.93 bits per heavy atom. The Bertz CT molecular complexity index is 1110. The van der Waals surface area contributed by atoms with E-state index in [4.69, 9.17) is 0 Å². The van der Waals surface area contributed by atoms with Crippen LogP contribution in [0.25, 0.3) is 10.9 Å². The summed E-state index contributed by atoms with van der Waals surface area (Å²) in [6, 6.07) is 12.9. The van der Waals surface area contributed by atoms with Crippen molar-refractivity contribution >= 4 is 60.3 Å². The number of carbonyl (C=O) groups is 2. The molecule has 0 bridgehead atoms. The Hall–Kier alpha value is -2.52. The fourth-order valence-electron chi connectivity index (χ4n) is 3.37. The predicted octanol–water partition coefficient (Wildman–Crippen LogP) is 4.54. The van der Waals surface area contributed by atoms with Gasteiger partial charge in [-0.25, -0.2) is 0 Å². The molecule has 1 aromatic heterocycles. The van der Waals surface area contributed by atoms with E-state index in [2.05, 4.69) is 52.4 Å². The molecule has 9 heteroatoms. The molecule has 3 aromatic rings. The second-order valence-corrected chi connectivity index (χ2v) is 8.18. The van der Waals surface area contributed by atoms with Crippen LogP contribution in [0.1, 0.15) is 11.5 Å². The van der Waals surface area contributed by atoms with Gasteiger partial charge in [0, 0.05) is 26.8 Å². The number of H-pyrrole nitrogens is 1. The highest BCUT2D eigenvalue weighted by Crippen LogP contribution is 2.40. The first-order valence-corrected chi connectivity index (χ1v) is 10.0. The Morgan fingerprint density at radius 3 is 2.68 bits per heavy atom. The highest BCUT2D eigenvalue weighted by Gasteiger charge is 2.41. The van der Waals surface area contributed by atoms with Gasteiger partial charge in [-0.2, -0.15) is 0 Å². The third-order valence-electron chi connectivity index (χ3n) is 4.70. The standard InChI is InChI=1S/C19H14Br2N4O3/c20-10-6-11-15(13(21)7-10)23-19(28)16(11)24-25-18(27)14-12(8-22-17(14)26)9-4-2-1-3-5-9/h1-7,12,14,23,28H,8H2,(H,22,26). The molecule has 2 heterocycles. The zero-order valence-corrected chi connectivity index (χ0v) is 17.5. The molecule has 1 fully saturated rings. The normalized spacial score (nSPS) is 19.4. The third-order valence-corrected chi connectivity index (χ3v) is 5.78. The predicted molar refractivity (Wildman–Crippen MR) is 111 cm³/mol. The van der Waals surface area contributed by atoms with Crippen molar-refractivity contribution in [3.8, 4) is 5.88 Å². The van der Waals surface area contributed by atoms with Gasteiger partial charge in [0.2, 0.25) is 11.8 Å². The molecule has 142 valence electrons. The van der Waals surface area contributed by atoms with Crippen molar-refractivity contribution in [2.24, 2.45) is 16.1 Å². The van der Waals surface area contributed by atoms with Gasteiger partial charge in [0.15, 0.2) is 5.69 Å². The lowest BCUT2D eigenvalue weighted by Crippen LogP contribution is -2.25. The van der Waals surface area contributed by atoms with Crippen molar-refractivity contribution in [1.82, 2.24) is 10.3 Å². The molecule has 1 aliphatic heterocycles. The molecule has 4 rings (SSSR count). The maximum absolute atomic E-state index is 12.7. The van der Waals surface area contributed by atoms with Crippen LogP contribution in [0.3, 0.4) is 0 Å². The van der Waals surface area contributed by atoms with Gasteiger partial charge in [-0.3, -0.25) is 9.59 Å². The number of nitrogens with one attached hydrogen (secondary N) is 2. The van der Waals surface area contributed by atoms with Crippen LogP contribution < -0.4 is 5.32 Å². The van der Waals surface area contributed by atoms with Gasteiger partial charge in [0.1, 0.15) is 5.92 Å². The van der Waals surface area contributed by atoms with E-state index in [0.717, 1.165) is 14.5 Å². The second-order valence-electron chi connectivity index (χ2n) is 6.41. The van der Waals surface area contributed by atoms with E-state index in [1.807, 2.05) is 36.4 Å². The summed E-state index contributed by atoms with van der Waals surface area (Å²) in [4.78, 5) is 27.7. The van der Waals surface area contributed by atoms with Gasteiger partial charge in [-0.15, -0.1) is 10.2 Å². The molecule has 2 unspecified atom stereocenters. The van der Waals surface area contributed by atoms with Crippen LogP contribution in [-0.2, 0) is 9.59 Å². The molecule has 28 heavy (non-hydrogen) atoms. The van der Waals surface area contributed by atoms with Crippen LogP contribution in [0.15, 0.2) is 61.6 Å². The van der Waals surface area contributed by atoms with E-state index in [-0.39, 0.29) is 23.4 Å². The minimum absolute atomic E-state index is 0.139. The van der Waals surface area contributed by atoms with Crippen molar-refractivity contribution in [3.05, 3.63) is 57.0 Å². The molecule has 0 spiro atoms. The minimum Gasteiger partial charge on any atom is -0.493 e. The van der Waals surface area contributed by atoms with Crippen molar-refractivity contribution in [3.63, 3.8) is 0 Å². The van der Waals surface area contributed by atoms with Crippen LogP contribution in [0.5, 0.6) is 5.88 Å². The lowest BCUT2D eigenvalue weighted by atomic mass is 9.88. The highest BCUT2D eigenvalue weighted by atomic mass is 79.9. The quantitative estimate of drug-likeness (QED) is 0.359. The summed E-state index contributed by atoms with van der Waals surface area (Å²) in [5.41, 5.74) is 1.65. The zero-order chi connectivity index (χ0) is 19.8. The molecule has 7 nitrogen and oxygen atoms in total. The maximum atomic E-state index is 12.7. The number of aromatic nitrogens is 1. The third kappa shape index (κ3) is 3.35. The molecule has 1 saturated heterocycles. The van der Waals surface area contributed by atoms with Gasteiger partial charge in [0.25, 0.3) is 5.91 Å². The molecule has 1 aliphatic rings. The smallest absolute Gasteiger partial charge is 0.277 e. The largest absolute Gasteiger partial charge is 0.493 e. The van der Waals surface area contributed by atoms with Crippen molar-refractivity contribution in [1.29, 1.82) is 0 Å². The lowest BCUT2D eigenvalue weighted by Gasteiger charge is -2.13. The zero-order valence-electron chi connectivity index (χ0n) is 14.3. The number of halogens is 2. The van der Waals surface area contributed by atoms with E-state index < -0.39 is 11.8 Å². The summed E-state index contributed by atoms with van der Waals surface area (Å²) in [5, 5.41) is 21.2. The number of carbonyl (C=O) groups excluding carboxylic acids is 2. The first kappa shape index (κ1) is 18.8. The number of benzene rings is 2. The van der Waals surface area contributed by atoms with Crippen LogP contribution in [-0.4, -0.2) is 28.4 Å². The van der Waals surface area contributed by atoms with E-state index >= 15 is 0 Å². The summed E-state index contributed by atoms with van der Waals surface area (Å²) in [6.07, 6.45) is 0. The Kier molecular flexibility index (Phi) is 5.03. The SMILES string of the molecule is O=C(N=Nc1c(O)[nH]c2c(Br)cc(Br)cc12)C1C(=O)NCC1c1ccccc1. The number of amides is 2. The summed E-state index contributed by atoms with van der Waals surface area (Å²) in [7, 11) is 0. The van der Waals surface area contributed by atoms with Crippen molar-refractivity contribution in [2.75, 3.05) is 6.54 Å². The minimum atomic E-state index is -0.947. The molecule has 2 atom stereocenters. The summed E-state index contributed by atoms with van der Waals surface area (Å²) >= 11 is 6.79. The van der Waals surface area contributed by atoms with Gasteiger partial charge in [0.05, 0.1) is 5.52 Å². The Labute approximate surface area is 176 Å². The van der Waals surface area contributed by atoms with Gasteiger partial charge in [-0.05, 0) is 33.6 Å². The fourth-order valence-corrected chi connectivity index (χ4v) is 4.70. The molecular weight excluding hydrogens is 492 g/mol. The van der Waals surface area contributed by atoms with E-state index in [0.29, 0.717) is 17.4 Å². The number of nitrogens with zero attached hydrogens (tertiary/aromatic N) is 2. The Morgan fingerprint density at radius 1 is 1.18 bits per heavy atom. The monoisotopic (exact) mass is 504 g/mol. The van der Waals surface area contributed by atoms with Crippen LogP contribution >= 0.6 is 31.9 Å². The summed E-state index contributed by atoms with van der Waals surface area (Å²) < 4.78 is 1.49. The summed E-state index contributed by atoms with van der Waals surface area (Å²) in [6.45, 7) is 0.368. The lowest BCUT2D eigenvalue weighted by molar-refractivity contribution is -0.131. The molecular formula is C19H14Br2N4O3. The molecule has 0 aliphatic carbocycles. The number of azo groups is 1. The van der Waals surface area contributed by atoms with Crippen LogP contribution in [0.4, 0.5) is 5.69 Å². The fraction of sp³-hybridized carbons (Fsp3) is 0.158. The van der Waals surface area contributed by atoms with Gasteiger partial charge < -0.3 is 15.4 Å². The number of aromatic hydroxyl groups is 1. The number of rotatable bonds is 3. The van der Waals surface area contributed by atoms with Crippen molar-refractivity contribution in [2.45, 2.75) is 5.92 Å². The van der Waals surface area contributed by atoms with Gasteiger partial charge in [-0.1, -0.05) is 46.3 Å². The second kappa shape index (κ2) is 7.48.